The van der Waals surface area contributed by atoms with Crippen molar-refractivity contribution >= 4 is 23.4 Å². The number of aromatic nitrogens is 1. The van der Waals surface area contributed by atoms with Gasteiger partial charge in [0.25, 0.3) is 5.91 Å². The average Bonchev–Trinajstić information content (AvgIpc) is 3.46. The minimum absolute atomic E-state index is 0.0729. The summed E-state index contributed by atoms with van der Waals surface area (Å²) in [6.45, 7) is 2.04. The van der Waals surface area contributed by atoms with E-state index in [1.165, 1.54) is 6.26 Å². The van der Waals surface area contributed by atoms with Gasteiger partial charge in [-0.25, -0.2) is 0 Å². The number of rotatable bonds is 5. The van der Waals surface area contributed by atoms with Crippen LogP contribution in [0.15, 0.2) is 71.6 Å². The number of amides is 2. The summed E-state index contributed by atoms with van der Waals surface area (Å²) in [5, 5.41) is 0.670. The van der Waals surface area contributed by atoms with Gasteiger partial charge in [0, 0.05) is 43.6 Å². The second-order valence-electron chi connectivity index (χ2n) is 7.05. The van der Waals surface area contributed by atoms with Crippen LogP contribution in [0.3, 0.4) is 0 Å². The molecule has 0 bridgehead atoms. The first-order chi connectivity index (χ1) is 14.1. The van der Waals surface area contributed by atoms with Crippen LogP contribution in [-0.2, 0) is 4.79 Å². The van der Waals surface area contributed by atoms with Crippen LogP contribution in [0.2, 0.25) is 5.02 Å². The molecule has 0 saturated carbocycles. The largest absolute Gasteiger partial charge is 0.459 e. The molecule has 1 aromatic carbocycles. The molecule has 7 heteroatoms. The molecule has 1 saturated heterocycles. The molecule has 0 N–H and O–H groups in total. The number of furan rings is 1. The highest BCUT2D eigenvalue weighted by atomic mass is 35.5. The first kappa shape index (κ1) is 19.3. The van der Waals surface area contributed by atoms with Crippen molar-refractivity contribution in [3.05, 3.63) is 83.5 Å². The average molecular weight is 412 g/mol. The van der Waals surface area contributed by atoms with E-state index >= 15 is 0 Å². The van der Waals surface area contributed by atoms with Crippen LogP contribution in [0.25, 0.3) is 0 Å². The number of nitrogens with zero attached hydrogens (tertiary/aromatic N) is 3. The van der Waals surface area contributed by atoms with E-state index in [0.717, 1.165) is 5.56 Å². The van der Waals surface area contributed by atoms with Gasteiger partial charge in [-0.05, 0) is 42.0 Å². The topological polar surface area (TPSA) is 58.7 Å². The van der Waals surface area contributed by atoms with Crippen LogP contribution in [0.4, 0.5) is 0 Å². The molecule has 1 unspecified atom stereocenters. The van der Waals surface area contributed by atoms with Crippen molar-refractivity contribution in [3.63, 3.8) is 0 Å². The van der Waals surface area contributed by atoms with E-state index in [1.54, 1.807) is 17.0 Å². The van der Waals surface area contributed by atoms with E-state index in [-0.39, 0.29) is 17.9 Å². The number of benzene rings is 1. The Bertz CT molecular complexity index is 944. The predicted molar refractivity (Wildman–Crippen MR) is 110 cm³/mol. The Labute approximate surface area is 174 Å². The van der Waals surface area contributed by atoms with Crippen LogP contribution in [0.5, 0.6) is 0 Å². The quantitative estimate of drug-likeness (QED) is 0.643. The summed E-state index contributed by atoms with van der Waals surface area (Å²) in [4.78, 5) is 29.0. The summed E-state index contributed by atoms with van der Waals surface area (Å²) < 4.78 is 7.23. The zero-order chi connectivity index (χ0) is 20.2. The number of hydrogen-bond acceptors (Lipinski definition) is 3. The van der Waals surface area contributed by atoms with Crippen molar-refractivity contribution in [2.45, 2.75) is 12.5 Å². The zero-order valence-electron chi connectivity index (χ0n) is 15.9. The lowest BCUT2D eigenvalue weighted by atomic mass is 10.0. The summed E-state index contributed by atoms with van der Waals surface area (Å²) in [7, 11) is 0. The van der Waals surface area contributed by atoms with Gasteiger partial charge in [-0.3, -0.25) is 9.59 Å². The molecule has 1 aliphatic heterocycles. The highest BCUT2D eigenvalue weighted by Crippen LogP contribution is 2.25. The molecule has 6 nitrogen and oxygen atoms in total. The molecule has 2 amide bonds. The first-order valence-electron chi connectivity index (χ1n) is 9.60. The molecule has 2 aromatic heterocycles. The van der Waals surface area contributed by atoms with Gasteiger partial charge in [0.1, 0.15) is 0 Å². The Morgan fingerprint density at radius 2 is 1.59 bits per heavy atom. The van der Waals surface area contributed by atoms with E-state index in [1.807, 2.05) is 58.3 Å². The van der Waals surface area contributed by atoms with Gasteiger partial charge in [0.2, 0.25) is 5.91 Å². The van der Waals surface area contributed by atoms with Crippen molar-refractivity contribution in [1.29, 1.82) is 0 Å². The Hall–Kier alpha value is -2.99. The molecule has 150 valence electrons. The maximum atomic E-state index is 13.0. The Morgan fingerprint density at radius 1 is 0.931 bits per heavy atom. The van der Waals surface area contributed by atoms with Crippen molar-refractivity contribution in [1.82, 2.24) is 14.4 Å². The maximum Gasteiger partial charge on any atom is 0.289 e. The summed E-state index contributed by atoms with van der Waals surface area (Å²) in [5.74, 6) is 0.275. The van der Waals surface area contributed by atoms with Crippen LogP contribution in [0.1, 0.15) is 28.6 Å². The molecule has 1 atom stereocenters. The van der Waals surface area contributed by atoms with Crippen molar-refractivity contribution < 1.29 is 14.0 Å². The van der Waals surface area contributed by atoms with Crippen molar-refractivity contribution in [2.24, 2.45) is 0 Å². The third-order valence-electron chi connectivity index (χ3n) is 5.26. The lowest BCUT2D eigenvalue weighted by Gasteiger charge is -2.35. The molecule has 0 radical (unpaired) electrons. The van der Waals surface area contributed by atoms with Crippen LogP contribution < -0.4 is 0 Å². The van der Waals surface area contributed by atoms with Crippen molar-refractivity contribution in [3.8, 4) is 0 Å². The van der Waals surface area contributed by atoms with Gasteiger partial charge in [-0.2, -0.15) is 0 Å². The lowest BCUT2D eigenvalue weighted by Crippen LogP contribution is -2.50. The van der Waals surface area contributed by atoms with Crippen LogP contribution >= 0.6 is 11.6 Å². The first-order valence-corrected chi connectivity index (χ1v) is 9.98. The van der Waals surface area contributed by atoms with Gasteiger partial charge in [0.15, 0.2) is 5.76 Å². The molecule has 1 aliphatic rings. The third-order valence-corrected chi connectivity index (χ3v) is 5.51. The number of carbonyl (C=O) groups is 2. The van der Waals surface area contributed by atoms with Gasteiger partial charge in [0.05, 0.1) is 18.7 Å². The summed E-state index contributed by atoms with van der Waals surface area (Å²) >= 11 is 6.02. The van der Waals surface area contributed by atoms with Gasteiger partial charge < -0.3 is 18.8 Å². The molecule has 29 heavy (non-hydrogen) atoms. The maximum absolute atomic E-state index is 13.0. The minimum Gasteiger partial charge on any atom is -0.459 e. The standard InChI is InChI=1S/C22H22ClN3O3/c23-18-7-5-17(6-8-18)19(24-9-1-2-10-24)16-21(27)25-11-13-26(14-12-25)22(28)20-4-3-15-29-20/h1-10,15,19H,11-14,16H2. The summed E-state index contributed by atoms with van der Waals surface area (Å²) in [6.07, 6.45) is 5.77. The molecule has 0 spiro atoms. The Kier molecular flexibility index (Phi) is 5.71. The Morgan fingerprint density at radius 3 is 2.21 bits per heavy atom. The fourth-order valence-electron chi connectivity index (χ4n) is 3.65. The zero-order valence-corrected chi connectivity index (χ0v) is 16.7. The lowest BCUT2D eigenvalue weighted by molar-refractivity contribution is -0.133. The number of carbonyl (C=O) groups excluding carboxylic acids is 2. The SMILES string of the molecule is O=C(CC(c1ccc(Cl)cc1)n1cccc1)N1CCN(C(=O)c2ccco2)CC1. The van der Waals surface area contributed by atoms with Gasteiger partial charge in [-0.1, -0.05) is 23.7 Å². The second kappa shape index (κ2) is 8.57. The molecule has 4 rings (SSSR count). The Balaban J connectivity index is 1.41. The normalized spacial score (nSPS) is 15.3. The highest BCUT2D eigenvalue weighted by molar-refractivity contribution is 6.30. The van der Waals surface area contributed by atoms with E-state index < -0.39 is 0 Å². The second-order valence-corrected chi connectivity index (χ2v) is 7.49. The predicted octanol–water partition coefficient (Wildman–Crippen LogP) is 3.70. The highest BCUT2D eigenvalue weighted by Gasteiger charge is 2.28. The van der Waals surface area contributed by atoms with Crippen LogP contribution in [-0.4, -0.2) is 52.4 Å². The molecule has 3 heterocycles. The third kappa shape index (κ3) is 4.38. The smallest absolute Gasteiger partial charge is 0.289 e. The fourth-order valence-corrected chi connectivity index (χ4v) is 3.77. The molecular weight excluding hydrogens is 390 g/mol. The van der Waals surface area contributed by atoms with Gasteiger partial charge >= 0.3 is 0 Å². The number of piperazine rings is 1. The number of halogens is 1. The minimum atomic E-state index is -0.131. The van der Waals surface area contributed by atoms with E-state index in [9.17, 15) is 9.59 Å². The van der Waals surface area contributed by atoms with Crippen LogP contribution in [0, 0.1) is 0 Å². The molecule has 0 aliphatic carbocycles. The van der Waals surface area contributed by atoms with E-state index in [0.29, 0.717) is 43.4 Å². The summed E-state index contributed by atoms with van der Waals surface area (Å²) in [5.41, 5.74) is 1.03. The van der Waals surface area contributed by atoms with Crippen molar-refractivity contribution in [2.75, 3.05) is 26.2 Å². The van der Waals surface area contributed by atoms with E-state index in [2.05, 4.69) is 0 Å². The molecule has 3 aromatic rings. The van der Waals surface area contributed by atoms with E-state index in [4.69, 9.17) is 16.0 Å². The fraction of sp³-hybridized carbons (Fsp3) is 0.273. The summed E-state index contributed by atoms with van der Waals surface area (Å²) in [6, 6.07) is 14.8. The molecular formula is C22H22ClN3O3. The van der Waals surface area contributed by atoms with Gasteiger partial charge in [-0.15, -0.1) is 0 Å². The molecule has 1 fully saturated rings. The monoisotopic (exact) mass is 411 g/mol. The number of hydrogen-bond donors (Lipinski definition) is 0.